The summed E-state index contributed by atoms with van der Waals surface area (Å²) >= 11 is 0. The number of aryl methyl sites for hydroxylation is 1. The van der Waals surface area contributed by atoms with Gasteiger partial charge in [0.15, 0.2) is 0 Å². The molecule has 1 fully saturated rings. The molecule has 6 nitrogen and oxygen atoms in total. The van der Waals surface area contributed by atoms with Crippen molar-refractivity contribution in [3.8, 4) is 5.75 Å². The summed E-state index contributed by atoms with van der Waals surface area (Å²) in [4.78, 5) is 12.4. The van der Waals surface area contributed by atoms with E-state index in [2.05, 4.69) is 10.0 Å². The van der Waals surface area contributed by atoms with Gasteiger partial charge < -0.3 is 10.1 Å². The van der Waals surface area contributed by atoms with E-state index in [1.165, 1.54) is 31.4 Å². The minimum Gasteiger partial charge on any atom is -0.495 e. The first-order valence-corrected chi connectivity index (χ1v) is 10.5. The first-order valence-electron chi connectivity index (χ1n) is 8.97. The normalized spacial score (nSPS) is 14.7. The smallest absolute Gasteiger partial charge is 0.262 e. The van der Waals surface area contributed by atoms with Gasteiger partial charge in [-0.3, -0.25) is 9.52 Å². The number of sulfonamides is 1. The average Bonchev–Trinajstić information content (AvgIpc) is 3.15. The van der Waals surface area contributed by atoms with Gasteiger partial charge in [-0.15, -0.1) is 0 Å². The average molecular weight is 388 g/mol. The third-order valence-corrected chi connectivity index (χ3v) is 6.10. The van der Waals surface area contributed by atoms with E-state index in [-0.39, 0.29) is 16.8 Å². The fourth-order valence-electron chi connectivity index (χ4n) is 3.23. The number of carbonyl (C=O) groups excluding carboxylic acids is 1. The monoisotopic (exact) mass is 388 g/mol. The highest BCUT2D eigenvalue weighted by Crippen LogP contribution is 2.28. The van der Waals surface area contributed by atoms with Crippen LogP contribution in [0.2, 0.25) is 0 Å². The molecule has 0 bridgehead atoms. The Balaban J connectivity index is 1.75. The van der Waals surface area contributed by atoms with Crippen molar-refractivity contribution in [2.75, 3.05) is 11.8 Å². The quantitative estimate of drug-likeness (QED) is 0.793. The highest BCUT2D eigenvalue weighted by atomic mass is 32.2. The second-order valence-corrected chi connectivity index (χ2v) is 8.47. The number of hydrogen-bond acceptors (Lipinski definition) is 4. The summed E-state index contributed by atoms with van der Waals surface area (Å²) in [5.41, 5.74) is 1.74. The van der Waals surface area contributed by atoms with Crippen molar-refractivity contribution in [3.05, 3.63) is 53.6 Å². The first-order chi connectivity index (χ1) is 12.9. The van der Waals surface area contributed by atoms with Crippen molar-refractivity contribution < 1.29 is 17.9 Å². The van der Waals surface area contributed by atoms with Crippen LogP contribution in [0.5, 0.6) is 5.75 Å². The van der Waals surface area contributed by atoms with E-state index in [9.17, 15) is 13.2 Å². The van der Waals surface area contributed by atoms with E-state index >= 15 is 0 Å². The second-order valence-electron chi connectivity index (χ2n) is 6.79. The lowest BCUT2D eigenvalue weighted by Crippen LogP contribution is -2.32. The fourth-order valence-corrected chi connectivity index (χ4v) is 4.29. The highest BCUT2D eigenvalue weighted by Gasteiger charge is 2.20. The van der Waals surface area contributed by atoms with Crippen LogP contribution in [0.1, 0.15) is 41.6 Å². The van der Waals surface area contributed by atoms with Gasteiger partial charge in [0.25, 0.3) is 15.9 Å². The Bertz CT molecular complexity index is 917. The maximum absolute atomic E-state index is 12.7. The van der Waals surface area contributed by atoms with Crippen LogP contribution in [-0.2, 0) is 10.0 Å². The summed E-state index contributed by atoms with van der Waals surface area (Å²) in [6.07, 6.45) is 4.27. The lowest BCUT2D eigenvalue weighted by Gasteiger charge is -2.14. The Labute approximate surface area is 160 Å². The van der Waals surface area contributed by atoms with E-state index in [0.29, 0.717) is 17.0 Å². The van der Waals surface area contributed by atoms with Crippen molar-refractivity contribution >= 4 is 21.6 Å². The Morgan fingerprint density at radius 3 is 2.37 bits per heavy atom. The van der Waals surface area contributed by atoms with Gasteiger partial charge in [0, 0.05) is 11.6 Å². The van der Waals surface area contributed by atoms with Gasteiger partial charge >= 0.3 is 0 Å². The Hall–Kier alpha value is -2.54. The topological polar surface area (TPSA) is 84.5 Å². The Kier molecular flexibility index (Phi) is 5.70. The number of benzene rings is 2. The van der Waals surface area contributed by atoms with Crippen molar-refractivity contribution in [2.45, 2.75) is 43.5 Å². The van der Waals surface area contributed by atoms with Crippen LogP contribution in [0.3, 0.4) is 0 Å². The number of ether oxygens (including phenoxy) is 1. The van der Waals surface area contributed by atoms with Crippen LogP contribution >= 0.6 is 0 Å². The number of nitrogens with one attached hydrogen (secondary N) is 2. The molecular formula is C20H24N2O4S. The Morgan fingerprint density at radius 1 is 1.07 bits per heavy atom. The number of anilines is 1. The molecule has 2 aromatic carbocycles. The summed E-state index contributed by atoms with van der Waals surface area (Å²) in [6.45, 7) is 1.87. The zero-order valence-corrected chi connectivity index (χ0v) is 16.3. The molecule has 1 aliphatic carbocycles. The largest absolute Gasteiger partial charge is 0.495 e. The first kappa shape index (κ1) is 19.2. The Morgan fingerprint density at radius 2 is 1.74 bits per heavy atom. The van der Waals surface area contributed by atoms with Crippen LogP contribution in [0, 0.1) is 6.92 Å². The number of amides is 1. The van der Waals surface area contributed by atoms with E-state index in [4.69, 9.17) is 4.74 Å². The van der Waals surface area contributed by atoms with Gasteiger partial charge in [0.1, 0.15) is 5.75 Å². The van der Waals surface area contributed by atoms with E-state index in [1.807, 2.05) is 13.0 Å². The maximum atomic E-state index is 12.7. The molecule has 0 aromatic heterocycles. The van der Waals surface area contributed by atoms with Crippen molar-refractivity contribution in [1.82, 2.24) is 5.32 Å². The fraction of sp³-hybridized carbons (Fsp3) is 0.350. The molecule has 27 heavy (non-hydrogen) atoms. The lowest BCUT2D eigenvalue weighted by atomic mass is 10.2. The number of rotatable bonds is 6. The van der Waals surface area contributed by atoms with Crippen molar-refractivity contribution in [2.24, 2.45) is 0 Å². The van der Waals surface area contributed by atoms with Gasteiger partial charge in [-0.2, -0.15) is 0 Å². The molecule has 144 valence electrons. The lowest BCUT2D eigenvalue weighted by molar-refractivity contribution is 0.0938. The molecule has 0 spiro atoms. The number of methoxy groups -OCH3 is 1. The third-order valence-electron chi connectivity index (χ3n) is 4.72. The molecule has 0 saturated heterocycles. The molecular weight excluding hydrogens is 364 g/mol. The van der Waals surface area contributed by atoms with Gasteiger partial charge in [-0.25, -0.2) is 8.42 Å². The molecule has 1 aliphatic rings. The van der Waals surface area contributed by atoms with Crippen LogP contribution in [0.25, 0.3) is 0 Å². The molecule has 2 aromatic rings. The van der Waals surface area contributed by atoms with E-state index in [0.717, 1.165) is 31.2 Å². The van der Waals surface area contributed by atoms with E-state index < -0.39 is 10.0 Å². The molecule has 7 heteroatoms. The number of hydrogen-bond donors (Lipinski definition) is 2. The zero-order chi connectivity index (χ0) is 19.4. The predicted octanol–water partition coefficient (Wildman–Crippen LogP) is 3.48. The predicted molar refractivity (Wildman–Crippen MR) is 105 cm³/mol. The van der Waals surface area contributed by atoms with Gasteiger partial charge in [0.05, 0.1) is 17.7 Å². The standard InChI is InChI=1S/C20H24N2O4S/c1-14-7-12-19(26-2)18(13-14)22-27(24,25)17-10-8-15(9-11-17)20(23)21-16-5-3-4-6-16/h7-13,16,22H,3-6H2,1-2H3,(H,21,23). The summed E-state index contributed by atoms with van der Waals surface area (Å²) in [7, 11) is -2.30. The highest BCUT2D eigenvalue weighted by molar-refractivity contribution is 7.92. The van der Waals surface area contributed by atoms with Gasteiger partial charge in [-0.1, -0.05) is 18.9 Å². The summed E-state index contributed by atoms with van der Waals surface area (Å²) in [6, 6.07) is 11.4. The van der Waals surface area contributed by atoms with Crippen molar-refractivity contribution in [3.63, 3.8) is 0 Å². The molecule has 1 amide bonds. The molecule has 2 N–H and O–H groups in total. The van der Waals surface area contributed by atoms with Crippen LogP contribution < -0.4 is 14.8 Å². The molecule has 0 aliphatic heterocycles. The molecule has 0 unspecified atom stereocenters. The molecule has 0 heterocycles. The maximum Gasteiger partial charge on any atom is 0.262 e. The van der Waals surface area contributed by atoms with Crippen LogP contribution in [0.15, 0.2) is 47.4 Å². The van der Waals surface area contributed by atoms with Crippen LogP contribution in [-0.4, -0.2) is 27.5 Å². The molecule has 1 saturated carbocycles. The van der Waals surface area contributed by atoms with Crippen LogP contribution in [0.4, 0.5) is 5.69 Å². The summed E-state index contributed by atoms with van der Waals surface area (Å²) in [5.74, 6) is 0.274. The molecule has 0 radical (unpaired) electrons. The second kappa shape index (κ2) is 8.00. The minimum absolute atomic E-state index is 0.0866. The van der Waals surface area contributed by atoms with Crippen molar-refractivity contribution in [1.29, 1.82) is 0 Å². The number of carbonyl (C=O) groups is 1. The SMILES string of the molecule is COc1ccc(C)cc1NS(=O)(=O)c1ccc(C(=O)NC2CCCC2)cc1. The van der Waals surface area contributed by atoms with Gasteiger partial charge in [-0.05, 0) is 61.7 Å². The van der Waals surface area contributed by atoms with Gasteiger partial charge in [0.2, 0.25) is 0 Å². The van der Waals surface area contributed by atoms with E-state index in [1.54, 1.807) is 12.1 Å². The third kappa shape index (κ3) is 4.60. The molecule has 3 rings (SSSR count). The summed E-state index contributed by atoms with van der Waals surface area (Å²) < 4.78 is 33.1. The molecule has 0 atom stereocenters. The zero-order valence-electron chi connectivity index (χ0n) is 15.5. The minimum atomic E-state index is -3.79. The summed E-state index contributed by atoms with van der Waals surface area (Å²) in [5, 5.41) is 2.99.